The van der Waals surface area contributed by atoms with E-state index in [1.165, 1.54) is 82.5 Å². The molecule has 0 saturated carbocycles. The van der Waals surface area contributed by atoms with Gasteiger partial charge in [0.05, 0.1) is 0 Å². The van der Waals surface area contributed by atoms with Gasteiger partial charge in [-0.3, -0.25) is 9.59 Å². The fourth-order valence-corrected chi connectivity index (χ4v) is 4.00. The monoisotopic (exact) mass is 440 g/mol. The number of aliphatic carboxylic acids is 1. The molecule has 0 aliphatic carbocycles. The van der Waals surface area contributed by atoms with Crippen LogP contribution in [0.25, 0.3) is 0 Å². The van der Waals surface area contributed by atoms with Gasteiger partial charge in [0.2, 0.25) is 11.8 Å². The van der Waals surface area contributed by atoms with E-state index in [9.17, 15) is 19.5 Å². The first-order chi connectivity index (χ1) is 14.8. The van der Waals surface area contributed by atoms with Crippen molar-refractivity contribution in [2.45, 2.75) is 130 Å². The number of carbonyl (C=O) groups excluding carboxylic acids is 2. The van der Waals surface area contributed by atoms with Crippen molar-refractivity contribution in [1.29, 1.82) is 0 Å². The number of hydrogen-bond donors (Lipinski definition) is 2. The van der Waals surface area contributed by atoms with Gasteiger partial charge < -0.3 is 15.7 Å². The molecule has 0 spiro atoms. The summed E-state index contributed by atoms with van der Waals surface area (Å²) in [6.45, 7) is 6.39. The lowest BCUT2D eigenvalue weighted by molar-refractivity contribution is -0.150. The molecule has 0 fully saturated rings. The first-order valence-electron chi connectivity index (χ1n) is 12.5. The Kier molecular flexibility index (Phi) is 18.1. The van der Waals surface area contributed by atoms with Crippen molar-refractivity contribution in [1.82, 2.24) is 4.90 Å². The van der Waals surface area contributed by atoms with Crippen LogP contribution in [-0.2, 0) is 14.4 Å². The molecule has 0 aliphatic rings. The van der Waals surface area contributed by atoms with Gasteiger partial charge in [-0.2, -0.15) is 0 Å². The minimum atomic E-state index is -1.08. The smallest absolute Gasteiger partial charge is 0.326 e. The summed E-state index contributed by atoms with van der Waals surface area (Å²) in [7, 11) is 0. The second-order valence-electron chi connectivity index (χ2n) is 9.35. The maximum absolute atomic E-state index is 11.9. The number of carbonyl (C=O) groups is 3. The largest absolute Gasteiger partial charge is 0.480 e. The van der Waals surface area contributed by atoms with Crippen molar-refractivity contribution in [3.8, 4) is 0 Å². The zero-order valence-electron chi connectivity index (χ0n) is 20.4. The number of nitrogens with zero attached hydrogens (tertiary/aromatic N) is 1. The van der Waals surface area contributed by atoms with Crippen LogP contribution < -0.4 is 5.73 Å². The van der Waals surface area contributed by atoms with Gasteiger partial charge in [-0.1, -0.05) is 97.3 Å². The Hall–Kier alpha value is -1.59. The van der Waals surface area contributed by atoms with E-state index >= 15 is 0 Å². The molecule has 0 aliphatic heterocycles. The Labute approximate surface area is 190 Å². The van der Waals surface area contributed by atoms with Gasteiger partial charge in [0.25, 0.3) is 0 Å². The number of hydrogen-bond acceptors (Lipinski definition) is 3. The lowest BCUT2D eigenvalue weighted by atomic mass is 10.0. The molecular formula is C25H48N2O4. The van der Waals surface area contributed by atoms with E-state index in [0.717, 1.165) is 25.2 Å². The fraction of sp³-hybridized carbons (Fsp3) is 0.880. The number of unbranched alkanes of at least 4 members (excludes halogenated alkanes) is 12. The van der Waals surface area contributed by atoms with Crippen LogP contribution in [0, 0.1) is 5.92 Å². The maximum Gasteiger partial charge on any atom is 0.326 e. The highest BCUT2D eigenvalue weighted by atomic mass is 16.4. The third-order valence-electron chi connectivity index (χ3n) is 5.91. The fourth-order valence-electron chi connectivity index (χ4n) is 4.00. The maximum atomic E-state index is 11.9. The predicted octanol–water partition coefficient (Wildman–Crippen LogP) is 5.67. The lowest BCUT2D eigenvalue weighted by Gasteiger charge is -2.27. The minimum Gasteiger partial charge on any atom is -0.480 e. The molecular weight excluding hydrogens is 392 g/mol. The lowest BCUT2D eigenvalue weighted by Crippen LogP contribution is -2.45. The van der Waals surface area contributed by atoms with Crippen LogP contribution in [0.15, 0.2) is 0 Å². The molecule has 6 heteroatoms. The summed E-state index contributed by atoms with van der Waals surface area (Å²) in [5, 5.41) is 9.39. The Balaban J connectivity index is 3.73. The van der Waals surface area contributed by atoms with Gasteiger partial charge in [0, 0.05) is 19.9 Å². The van der Waals surface area contributed by atoms with Gasteiger partial charge in [0.1, 0.15) is 6.04 Å². The van der Waals surface area contributed by atoms with E-state index in [-0.39, 0.29) is 18.7 Å². The molecule has 2 amide bonds. The normalized spacial score (nSPS) is 12.1. The topological polar surface area (TPSA) is 101 Å². The van der Waals surface area contributed by atoms with Crippen molar-refractivity contribution >= 4 is 17.8 Å². The summed E-state index contributed by atoms with van der Waals surface area (Å²) in [5.41, 5.74) is 5.12. The van der Waals surface area contributed by atoms with Crippen LogP contribution in [0.2, 0.25) is 0 Å². The molecule has 3 N–H and O–H groups in total. The average molecular weight is 441 g/mol. The Morgan fingerprint density at radius 1 is 0.742 bits per heavy atom. The van der Waals surface area contributed by atoms with E-state index in [1.807, 2.05) is 0 Å². The standard InChI is InChI=1S/C25H48N2O4/c1-21(2)17-15-13-11-9-7-5-4-6-8-10-12-14-16-20-27(22(3)28)23(25(30)31)18-19-24(26)29/h21,23H,4-20H2,1-3H3,(H2,26,29)(H,30,31). The molecule has 6 nitrogen and oxygen atoms in total. The summed E-state index contributed by atoms with van der Waals surface area (Å²) in [6, 6.07) is -0.972. The second kappa shape index (κ2) is 19.1. The Bertz CT molecular complexity index is 494. The quantitative estimate of drug-likeness (QED) is 0.224. The highest BCUT2D eigenvalue weighted by molar-refractivity contribution is 5.83. The predicted molar refractivity (Wildman–Crippen MR) is 127 cm³/mol. The zero-order valence-corrected chi connectivity index (χ0v) is 20.4. The summed E-state index contributed by atoms with van der Waals surface area (Å²) in [6.07, 6.45) is 17.6. The summed E-state index contributed by atoms with van der Waals surface area (Å²) in [5.74, 6) is -1.05. The van der Waals surface area contributed by atoms with Gasteiger partial charge >= 0.3 is 5.97 Å². The van der Waals surface area contributed by atoms with E-state index in [0.29, 0.717) is 6.54 Å². The molecule has 1 atom stereocenters. The third-order valence-corrected chi connectivity index (χ3v) is 5.91. The first kappa shape index (κ1) is 29.4. The molecule has 0 heterocycles. The van der Waals surface area contributed by atoms with Gasteiger partial charge in [-0.15, -0.1) is 0 Å². The molecule has 182 valence electrons. The Morgan fingerprint density at radius 3 is 1.52 bits per heavy atom. The van der Waals surface area contributed by atoms with Gasteiger partial charge in [-0.05, 0) is 18.8 Å². The van der Waals surface area contributed by atoms with E-state index < -0.39 is 17.9 Å². The third kappa shape index (κ3) is 17.8. The van der Waals surface area contributed by atoms with Crippen molar-refractivity contribution < 1.29 is 19.5 Å². The average Bonchev–Trinajstić information content (AvgIpc) is 2.68. The molecule has 0 bridgehead atoms. The number of nitrogens with two attached hydrogens (primary N) is 1. The van der Waals surface area contributed by atoms with Crippen molar-refractivity contribution in [2.24, 2.45) is 11.7 Å². The van der Waals surface area contributed by atoms with Crippen LogP contribution >= 0.6 is 0 Å². The number of primary amides is 1. The van der Waals surface area contributed by atoms with Crippen molar-refractivity contribution in [3.05, 3.63) is 0 Å². The molecule has 0 aromatic carbocycles. The highest BCUT2D eigenvalue weighted by Crippen LogP contribution is 2.15. The van der Waals surface area contributed by atoms with Crippen LogP contribution in [0.5, 0.6) is 0 Å². The summed E-state index contributed by atoms with van der Waals surface area (Å²) < 4.78 is 0. The molecule has 0 saturated heterocycles. The van der Waals surface area contributed by atoms with Crippen LogP contribution in [0.3, 0.4) is 0 Å². The van der Waals surface area contributed by atoms with Crippen LogP contribution in [0.4, 0.5) is 0 Å². The highest BCUT2D eigenvalue weighted by Gasteiger charge is 2.27. The molecule has 1 unspecified atom stereocenters. The molecule has 31 heavy (non-hydrogen) atoms. The second-order valence-corrected chi connectivity index (χ2v) is 9.35. The molecule has 0 aromatic rings. The number of rotatable bonds is 21. The summed E-state index contributed by atoms with van der Waals surface area (Å²) in [4.78, 5) is 35.7. The molecule has 0 aromatic heterocycles. The molecule has 0 radical (unpaired) electrons. The van der Waals surface area contributed by atoms with E-state index in [2.05, 4.69) is 13.8 Å². The number of carboxylic acids is 1. The Morgan fingerprint density at radius 2 is 1.16 bits per heavy atom. The zero-order chi connectivity index (χ0) is 23.5. The van der Waals surface area contributed by atoms with Crippen molar-refractivity contribution in [2.75, 3.05) is 6.54 Å². The van der Waals surface area contributed by atoms with Crippen molar-refractivity contribution in [3.63, 3.8) is 0 Å². The van der Waals surface area contributed by atoms with E-state index in [4.69, 9.17) is 5.73 Å². The first-order valence-corrected chi connectivity index (χ1v) is 12.5. The van der Waals surface area contributed by atoms with Gasteiger partial charge in [0.15, 0.2) is 0 Å². The SMILES string of the molecule is CC(=O)N(CCCCCCCCCCCCCCCC(C)C)C(CCC(N)=O)C(=O)O. The number of carboxylic acid groups (broad SMARTS) is 1. The van der Waals surface area contributed by atoms with Crippen LogP contribution in [0.1, 0.15) is 124 Å². The molecule has 0 rings (SSSR count). The van der Waals surface area contributed by atoms with Gasteiger partial charge in [-0.25, -0.2) is 4.79 Å². The number of amides is 2. The van der Waals surface area contributed by atoms with E-state index in [1.54, 1.807) is 0 Å². The van der Waals surface area contributed by atoms with Crippen LogP contribution in [-0.4, -0.2) is 40.4 Å². The minimum absolute atomic E-state index is 0.0289. The summed E-state index contributed by atoms with van der Waals surface area (Å²) >= 11 is 0.